The highest BCUT2D eigenvalue weighted by molar-refractivity contribution is 7.95. The summed E-state index contributed by atoms with van der Waals surface area (Å²) >= 11 is 1.40. The number of nitrogens with zero attached hydrogens (tertiary/aromatic N) is 2. The molecule has 1 aliphatic heterocycles. The van der Waals surface area contributed by atoms with Gasteiger partial charge in [-0.2, -0.15) is 0 Å². The van der Waals surface area contributed by atoms with Crippen molar-refractivity contribution in [3.05, 3.63) is 78.1 Å². The average molecular weight is 380 g/mol. The van der Waals surface area contributed by atoms with Gasteiger partial charge in [-0.05, 0) is 55.5 Å². The number of benzene rings is 2. The zero-order valence-corrected chi connectivity index (χ0v) is 16.4. The van der Waals surface area contributed by atoms with Gasteiger partial charge < -0.3 is 14.1 Å². The van der Waals surface area contributed by atoms with E-state index in [1.54, 1.807) is 0 Å². The third kappa shape index (κ3) is 4.87. The van der Waals surface area contributed by atoms with Crippen molar-refractivity contribution < 1.29 is 4.18 Å². The van der Waals surface area contributed by atoms with E-state index in [1.165, 1.54) is 29.0 Å². The monoisotopic (exact) mass is 379 g/mol. The van der Waals surface area contributed by atoms with Crippen molar-refractivity contribution in [1.82, 2.24) is 9.88 Å². The summed E-state index contributed by atoms with van der Waals surface area (Å²) in [5.74, 6) is 0.884. The lowest BCUT2D eigenvalue weighted by atomic mass is 10.2. The Morgan fingerprint density at radius 2 is 1.67 bits per heavy atom. The summed E-state index contributed by atoms with van der Waals surface area (Å²) in [7, 11) is 0. The minimum Gasteiger partial charge on any atom is -0.421 e. The van der Waals surface area contributed by atoms with Crippen molar-refractivity contribution in [2.45, 2.75) is 18.4 Å². The fourth-order valence-electron chi connectivity index (χ4n) is 3.27. The molecule has 5 heteroatoms. The summed E-state index contributed by atoms with van der Waals surface area (Å²) in [6, 6.07) is 21.0. The lowest BCUT2D eigenvalue weighted by Gasteiger charge is -2.36. The molecule has 1 aromatic heterocycles. The Morgan fingerprint density at radius 3 is 2.33 bits per heavy atom. The number of aryl methyl sites for hydroxylation is 1. The Hall–Kier alpha value is -2.37. The van der Waals surface area contributed by atoms with Gasteiger partial charge in [0, 0.05) is 55.2 Å². The van der Waals surface area contributed by atoms with Crippen LogP contribution in [0.3, 0.4) is 0 Å². The zero-order valence-electron chi connectivity index (χ0n) is 15.6. The molecule has 0 radical (unpaired) electrons. The molecule has 4 nitrogen and oxygen atoms in total. The number of H-pyrrole nitrogens is 1. The number of aromatic amines is 1. The van der Waals surface area contributed by atoms with Crippen molar-refractivity contribution in [2.24, 2.45) is 0 Å². The van der Waals surface area contributed by atoms with Gasteiger partial charge in [0.25, 0.3) is 0 Å². The van der Waals surface area contributed by atoms with Crippen LogP contribution in [0.4, 0.5) is 5.69 Å². The molecule has 0 saturated carbocycles. The van der Waals surface area contributed by atoms with Crippen LogP contribution >= 0.6 is 12.0 Å². The van der Waals surface area contributed by atoms with Gasteiger partial charge in [0.05, 0.1) is 12.0 Å². The van der Waals surface area contributed by atoms with Gasteiger partial charge in [0.1, 0.15) is 5.75 Å². The van der Waals surface area contributed by atoms with Gasteiger partial charge in [-0.15, -0.1) is 0 Å². The van der Waals surface area contributed by atoms with Crippen LogP contribution < -0.4 is 9.08 Å². The molecule has 0 spiro atoms. The van der Waals surface area contributed by atoms with Gasteiger partial charge in [-0.1, -0.05) is 17.7 Å². The predicted octanol–water partition coefficient (Wildman–Crippen LogP) is 4.73. The number of aromatic nitrogens is 1. The Morgan fingerprint density at radius 1 is 0.926 bits per heavy atom. The fourth-order valence-corrected chi connectivity index (χ4v) is 3.82. The number of hydrogen-bond donors (Lipinski definition) is 1. The van der Waals surface area contributed by atoms with E-state index in [0.29, 0.717) is 0 Å². The summed E-state index contributed by atoms with van der Waals surface area (Å²) < 4.78 is 5.84. The first-order valence-electron chi connectivity index (χ1n) is 9.37. The summed E-state index contributed by atoms with van der Waals surface area (Å²) in [5.41, 5.74) is 3.81. The number of piperazine rings is 1. The van der Waals surface area contributed by atoms with Gasteiger partial charge in [-0.3, -0.25) is 4.90 Å². The fraction of sp³-hybridized carbons (Fsp3) is 0.273. The van der Waals surface area contributed by atoms with Gasteiger partial charge >= 0.3 is 0 Å². The van der Waals surface area contributed by atoms with Crippen LogP contribution in [0.2, 0.25) is 0 Å². The van der Waals surface area contributed by atoms with Crippen LogP contribution in [-0.2, 0) is 6.54 Å². The normalized spacial score (nSPS) is 15.1. The number of anilines is 1. The number of rotatable bonds is 6. The first-order chi connectivity index (χ1) is 13.3. The van der Waals surface area contributed by atoms with Crippen LogP contribution in [-0.4, -0.2) is 36.1 Å². The first-order valence-corrected chi connectivity index (χ1v) is 10.1. The van der Waals surface area contributed by atoms with E-state index in [-0.39, 0.29) is 0 Å². The highest BCUT2D eigenvalue weighted by atomic mass is 32.2. The van der Waals surface area contributed by atoms with E-state index in [9.17, 15) is 0 Å². The van der Waals surface area contributed by atoms with Gasteiger partial charge in [-0.25, -0.2) is 0 Å². The maximum absolute atomic E-state index is 5.84. The molecule has 140 valence electrons. The minimum atomic E-state index is 0.884. The zero-order chi connectivity index (χ0) is 18.5. The van der Waals surface area contributed by atoms with Crippen LogP contribution in [0.25, 0.3) is 0 Å². The van der Waals surface area contributed by atoms with E-state index in [1.807, 2.05) is 6.20 Å². The third-order valence-electron chi connectivity index (χ3n) is 4.89. The molecule has 3 aromatic rings. The Balaban J connectivity index is 1.27. The standard InChI is InChI=1S/C22H25N3OS/c1-18-4-10-22(11-5-18)27-26-21-8-6-20(7-9-21)25-15-13-24(14-16-25)17-19-3-2-12-23-19/h2-12,23H,13-17H2,1H3. The summed E-state index contributed by atoms with van der Waals surface area (Å²) in [6.45, 7) is 7.37. The molecule has 1 N–H and O–H groups in total. The molecule has 0 unspecified atom stereocenters. The molecule has 0 bridgehead atoms. The summed E-state index contributed by atoms with van der Waals surface area (Å²) in [6.07, 6.45) is 1.99. The Bertz CT molecular complexity index is 823. The van der Waals surface area contributed by atoms with E-state index >= 15 is 0 Å². The molecular formula is C22H25N3OS. The van der Waals surface area contributed by atoms with Gasteiger partial charge in [0.2, 0.25) is 0 Å². The second-order valence-electron chi connectivity index (χ2n) is 6.93. The first kappa shape index (κ1) is 18.0. The summed E-state index contributed by atoms with van der Waals surface area (Å²) in [4.78, 5) is 9.35. The molecule has 0 aliphatic carbocycles. The molecular weight excluding hydrogens is 354 g/mol. The topological polar surface area (TPSA) is 31.5 Å². The maximum atomic E-state index is 5.84. The molecule has 0 amide bonds. The van der Waals surface area contributed by atoms with Gasteiger partial charge in [0.15, 0.2) is 0 Å². The van der Waals surface area contributed by atoms with E-state index in [2.05, 4.69) is 82.4 Å². The molecule has 2 heterocycles. The van der Waals surface area contributed by atoms with E-state index < -0.39 is 0 Å². The molecule has 27 heavy (non-hydrogen) atoms. The van der Waals surface area contributed by atoms with Crippen LogP contribution in [0.15, 0.2) is 71.8 Å². The van der Waals surface area contributed by atoms with Crippen LogP contribution in [0.5, 0.6) is 5.75 Å². The molecule has 1 fully saturated rings. The highest BCUT2D eigenvalue weighted by Gasteiger charge is 2.17. The molecule has 4 rings (SSSR count). The second-order valence-corrected chi connectivity index (χ2v) is 7.74. The largest absolute Gasteiger partial charge is 0.421 e. The van der Waals surface area contributed by atoms with Crippen LogP contribution in [0.1, 0.15) is 11.3 Å². The highest BCUT2D eigenvalue weighted by Crippen LogP contribution is 2.26. The maximum Gasteiger partial charge on any atom is 0.138 e. The lowest BCUT2D eigenvalue weighted by molar-refractivity contribution is 0.247. The molecule has 1 aliphatic rings. The summed E-state index contributed by atoms with van der Waals surface area (Å²) in [5, 5.41) is 0. The van der Waals surface area contributed by atoms with Crippen molar-refractivity contribution >= 4 is 17.7 Å². The minimum absolute atomic E-state index is 0.884. The average Bonchev–Trinajstić information content (AvgIpc) is 3.22. The van der Waals surface area contributed by atoms with Crippen molar-refractivity contribution in [2.75, 3.05) is 31.1 Å². The number of nitrogens with one attached hydrogen (secondary N) is 1. The smallest absolute Gasteiger partial charge is 0.138 e. The van der Waals surface area contributed by atoms with Crippen molar-refractivity contribution in [3.8, 4) is 5.75 Å². The molecule has 2 aromatic carbocycles. The molecule has 1 saturated heterocycles. The molecule has 0 atom stereocenters. The lowest BCUT2D eigenvalue weighted by Crippen LogP contribution is -2.46. The van der Waals surface area contributed by atoms with Crippen molar-refractivity contribution in [3.63, 3.8) is 0 Å². The van der Waals surface area contributed by atoms with E-state index in [4.69, 9.17) is 4.18 Å². The Labute approximate surface area is 165 Å². The number of hydrogen-bond acceptors (Lipinski definition) is 4. The second kappa shape index (κ2) is 8.55. The van der Waals surface area contributed by atoms with Crippen LogP contribution in [0, 0.1) is 6.92 Å². The quantitative estimate of drug-likeness (QED) is 0.627. The van der Waals surface area contributed by atoms with E-state index in [0.717, 1.165) is 43.4 Å². The third-order valence-corrected chi connectivity index (χ3v) is 5.63. The predicted molar refractivity (Wildman–Crippen MR) is 112 cm³/mol. The van der Waals surface area contributed by atoms with Crippen molar-refractivity contribution in [1.29, 1.82) is 0 Å². The Kier molecular flexibility index (Phi) is 5.70. The SMILES string of the molecule is Cc1ccc(SOc2ccc(N3CCN(Cc4ccc[nH]4)CC3)cc2)cc1.